The van der Waals surface area contributed by atoms with Crippen molar-refractivity contribution in [2.24, 2.45) is 0 Å². The Balaban J connectivity index is 1.50. The first kappa shape index (κ1) is 20.6. The number of piperazine rings is 1. The molecule has 0 N–H and O–H groups in total. The molecule has 0 radical (unpaired) electrons. The van der Waals surface area contributed by atoms with E-state index in [1.807, 2.05) is 24.4 Å². The number of oxazole rings is 1. The van der Waals surface area contributed by atoms with Gasteiger partial charge in [-0.15, -0.1) is 11.3 Å². The van der Waals surface area contributed by atoms with Crippen LogP contribution in [0, 0.1) is 6.92 Å². The summed E-state index contributed by atoms with van der Waals surface area (Å²) < 4.78 is 38.4. The average Bonchev–Trinajstić information content (AvgIpc) is 3.45. The Bertz CT molecular complexity index is 1150. The van der Waals surface area contributed by atoms with Crippen LogP contribution in [0.3, 0.4) is 0 Å². The Kier molecular flexibility index (Phi) is 5.63. The molecular weight excluding hydrogens is 426 g/mol. The van der Waals surface area contributed by atoms with Crippen LogP contribution in [-0.2, 0) is 10.0 Å². The Labute approximate surface area is 178 Å². The molecule has 1 amide bonds. The van der Waals surface area contributed by atoms with Gasteiger partial charge in [0, 0.05) is 26.2 Å². The minimum absolute atomic E-state index is 0.140. The third-order valence-electron chi connectivity index (χ3n) is 4.98. The topological polar surface area (TPSA) is 93.0 Å². The SMILES string of the molecule is COc1ccc(C)cc1S(=O)(=O)N1CCN(C(=O)c2ncoc2-c2cccs2)CC1. The fourth-order valence-electron chi connectivity index (χ4n) is 3.39. The molecule has 2 aromatic heterocycles. The van der Waals surface area contributed by atoms with E-state index in [1.54, 1.807) is 23.1 Å². The lowest BCUT2D eigenvalue weighted by Crippen LogP contribution is -2.50. The maximum Gasteiger partial charge on any atom is 0.276 e. The minimum atomic E-state index is -3.74. The largest absolute Gasteiger partial charge is 0.495 e. The number of aryl methyl sites for hydroxylation is 1. The van der Waals surface area contributed by atoms with Crippen LogP contribution in [0.2, 0.25) is 0 Å². The number of methoxy groups -OCH3 is 1. The Morgan fingerprint density at radius 1 is 1.20 bits per heavy atom. The molecule has 1 aliphatic rings. The van der Waals surface area contributed by atoms with Crippen LogP contribution in [0.1, 0.15) is 16.1 Å². The Morgan fingerprint density at radius 2 is 1.97 bits per heavy atom. The van der Waals surface area contributed by atoms with Crippen molar-refractivity contribution in [2.45, 2.75) is 11.8 Å². The summed E-state index contributed by atoms with van der Waals surface area (Å²) >= 11 is 1.46. The van der Waals surface area contributed by atoms with Gasteiger partial charge in [0.2, 0.25) is 10.0 Å². The zero-order valence-electron chi connectivity index (χ0n) is 16.6. The number of thiophene rings is 1. The van der Waals surface area contributed by atoms with E-state index in [0.717, 1.165) is 10.4 Å². The van der Waals surface area contributed by atoms with E-state index in [1.165, 1.54) is 29.1 Å². The molecule has 10 heteroatoms. The summed E-state index contributed by atoms with van der Waals surface area (Å²) in [4.78, 5) is 19.6. The summed E-state index contributed by atoms with van der Waals surface area (Å²) in [5.41, 5.74) is 1.07. The molecule has 3 heterocycles. The van der Waals surface area contributed by atoms with Crippen LogP contribution >= 0.6 is 11.3 Å². The van der Waals surface area contributed by atoms with Gasteiger partial charge in [-0.1, -0.05) is 12.1 Å². The van der Waals surface area contributed by atoms with Crippen molar-refractivity contribution < 1.29 is 22.4 Å². The van der Waals surface area contributed by atoms with Gasteiger partial charge >= 0.3 is 0 Å². The lowest BCUT2D eigenvalue weighted by Gasteiger charge is -2.34. The quantitative estimate of drug-likeness (QED) is 0.597. The maximum absolute atomic E-state index is 13.2. The molecule has 0 saturated carbocycles. The number of nitrogens with zero attached hydrogens (tertiary/aromatic N) is 3. The number of ether oxygens (including phenoxy) is 1. The zero-order chi connectivity index (χ0) is 21.3. The fourth-order valence-corrected chi connectivity index (χ4v) is 5.76. The lowest BCUT2D eigenvalue weighted by atomic mass is 10.2. The van der Waals surface area contributed by atoms with E-state index in [9.17, 15) is 13.2 Å². The molecule has 0 spiro atoms. The summed E-state index contributed by atoms with van der Waals surface area (Å²) in [5.74, 6) is 0.481. The van der Waals surface area contributed by atoms with Crippen molar-refractivity contribution in [1.82, 2.24) is 14.2 Å². The predicted molar refractivity (Wildman–Crippen MR) is 112 cm³/mol. The van der Waals surface area contributed by atoms with E-state index in [2.05, 4.69) is 4.98 Å². The number of benzene rings is 1. The highest BCUT2D eigenvalue weighted by atomic mass is 32.2. The number of hydrogen-bond acceptors (Lipinski definition) is 7. The van der Waals surface area contributed by atoms with Crippen molar-refractivity contribution in [1.29, 1.82) is 0 Å². The number of hydrogen-bond donors (Lipinski definition) is 0. The van der Waals surface area contributed by atoms with Gasteiger partial charge in [0.25, 0.3) is 5.91 Å². The highest BCUT2D eigenvalue weighted by Crippen LogP contribution is 2.30. The van der Waals surface area contributed by atoms with Crippen LogP contribution in [0.5, 0.6) is 5.75 Å². The second-order valence-electron chi connectivity index (χ2n) is 6.86. The molecule has 1 fully saturated rings. The van der Waals surface area contributed by atoms with Crippen LogP contribution in [-0.4, -0.2) is 61.8 Å². The molecule has 0 atom stereocenters. The molecule has 3 aromatic rings. The molecule has 0 aliphatic carbocycles. The van der Waals surface area contributed by atoms with Gasteiger partial charge in [-0.05, 0) is 36.1 Å². The molecule has 30 heavy (non-hydrogen) atoms. The van der Waals surface area contributed by atoms with Gasteiger partial charge in [0.05, 0.1) is 12.0 Å². The molecular formula is C20H21N3O5S2. The van der Waals surface area contributed by atoms with E-state index >= 15 is 0 Å². The predicted octanol–water partition coefficient (Wildman–Crippen LogP) is 2.87. The lowest BCUT2D eigenvalue weighted by molar-refractivity contribution is 0.0693. The van der Waals surface area contributed by atoms with Crippen molar-refractivity contribution in [3.05, 3.63) is 53.4 Å². The van der Waals surface area contributed by atoms with Crippen LogP contribution < -0.4 is 4.74 Å². The number of aromatic nitrogens is 1. The molecule has 4 rings (SSSR count). The molecule has 0 bridgehead atoms. The van der Waals surface area contributed by atoms with E-state index in [4.69, 9.17) is 9.15 Å². The van der Waals surface area contributed by atoms with Gasteiger partial charge in [-0.3, -0.25) is 4.79 Å². The third kappa shape index (κ3) is 3.73. The van der Waals surface area contributed by atoms with Crippen molar-refractivity contribution in [2.75, 3.05) is 33.3 Å². The second-order valence-corrected chi connectivity index (χ2v) is 9.71. The molecule has 1 aromatic carbocycles. The van der Waals surface area contributed by atoms with Crippen LogP contribution in [0.15, 0.2) is 51.4 Å². The van der Waals surface area contributed by atoms with Crippen LogP contribution in [0.25, 0.3) is 10.6 Å². The summed E-state index contributed by atoms with van der Waals surface area (Å²) in [6.07, 6.45) is 1.26. The van der Waals surface area contributed by atoms with Gasteiger partial charge < -0.3 is 14.1 Å². The summed E-state index contributed by atoms with van der Waals surface area (Å²) in [6.45, 7) is 2.75. The van der Waals surface area contributed by atoms with Gasteiger partial charge in [-0.25, -0.2) is 13.4 Å². The Morgan fingerprint density at radius 3 is 2.63 bits per heavy atom. The van der Waals surface area contributed by atoms with E-state index in [-0.39, 0.29) is 42.7 Å². The normalized spacial score (nSPS) is 15.3. The van der Waals surface area contributed by atoms with Crippen molar-refractivity contribution in [3.63, 3.8) is 0 Å². The van der Waals surface area contributed by atoms with Gasteiger partial charge in [-0.2, -0.15) is 4.31 Å². The number of amides is 1. The second kappa shape index (κ2) is 8.21. The summed E-state index contributed by atoms with van der Waals surface area (Å²) in [7, 11) is -2.29. The van der Waals surface area contributed by atoms with Gasteiger partial charge in [0.15, 0.2) is 17.8 Å². The number of carbonyl (C=O) groups is 1. The average molecular weight is 448 g/mol. The molecule has 1 aliphatic heterocycles. The highest BCUT2D eigenvalue weighted by molar-refractivity contribution is 7.89. The monoisotopic (exact) mass is 447 g/mol. The number of sulfonamides is 1. The van der Waals surface area contributed by atoms with Gasteiger partial charge in [0.1, 0.15) is 10.6 Å². The zero-order valence-corrected chi connectivity index (χ0v) is 18.2. The van der Waals surface area contributed by atoms with E-state index < -0.39 is 10.0 Å². The highest BCUT2D eigenvalue weighted by Gasteiger charge is 2.33. The molecule has 0 unspecified atom stereocenters. The maximum atomic E-state index is 13.2. The number of rotatable bonds is 5. The minimum Gasteiger partial charge on any atom is -0.495 e. The molecule has 158 valence electrons. The van der Waals surface area contributed by atoms with E-state index in [0.29, 0.717) is 11.5 Å². The summed E-state index contributed by atoms with van der Waals surface area (Å²) in [6, 6.07) is 8.80. The Hall–Kier alpha value is -2.69. The summed E-state index contributed by atoms with van der Waals surface area (Å²) in [5, 5.41) is 1.90. The van der Waals surface area contributed by atoms with Crippen molar-refractivity contribution in [3.8, 4) is 16.4 Å². The number of carbonyl (C=O) groups excluding carboxylic acids is 1. The standard InChI is InChI=1S/C20H21N3O5S2/c1-14-5-6-15(27-2)17(12-14)30(25,26)23-9-7-22(8-10-23)20(24)18-19(28-13-21-18)16-4-3-11-29-16/h3-6,11-13H,7-10H2,1-2H3. The first-order chi connectivity index (χ1) is 14.4. The first-order valence-electron chi connectivity index (χ1n) is 9.33. The van der Waals surface area contributed by atoms with Crippen LogP contribution in [0.4, 0.5) is 0 Å². The first-order valence-corrected chi connectivity index (χ1v) is 11.6. The van der Waals surface area contributed by atoms with Crippen molar-refractivity contribution >= 4 is 27.3 Å². The smallest absolute Gasteiger partial charge is 0.276 e. The fraction of sp³-hybridized carbons (Fsp3) is 0.300. The third-order valence-corrected chi connectivity index (χ3v) is 7.77. The molecule has 1 saturated heterocycles. The molecule has 8 nitrogen and oxygen atoms in total.